The monoisotopic (exact) mass is 347 g/mol. The van der Waals surface area contributed by atoms with E-state index in [0.717, 1.165) is 5.56 Å². The minimum absolute atomic E-state index is 0.0197. The Morgan fingerprint density at radius 3 is 2.56 bits per heavy atom. The molecule has 0 fully saturated rings. The molecule has 0 aliphatic rings. The van der Waals surface area contributed by atoms with Gasteiger partial charge in [-0.3, -0.25) is 0 Å². The minimum atomic E-state index is -0.518. The van der Waals surface area contributed by atoms with E-state index in [2.05, 4.69) is 10.6 Å². The SMILES string of the molecule is CC(C)C(CNCc1ccccc1OCC#N)NC(=O)OC(C)(C)C. The zero-order valence-corrected chi connectivity index (χ0v) is 15.8. The molecule has 1 amide bonds. The van der Waals surface area contributed by atoms with Gasteiger partial charge in [-0.25, -0.2) is 4.79 Å². The number of carbonyl (C=O) groups is 1. The maximum atomic E-state index is 12.0. The highest BCUT2D eigenvalue weighted by molar-refractivity contribution is 5.68. The van der Waals surface area contributed by atoms with E-state index >= 15 is 0 Å². The van der Waals surface area contributed by atoms with Crippen LogP contribution >= 0.6 is 0 Å². The van der Waals surface area contributed by atoms with Gasteiger partial charge in [-0.05, 0) is 32.8 Å². The molecule has 0 bridgehead atoms. The van der Waals surface area contributed by atoms with E-state index < -0.39 is 11.7 Å². The Hall–Kier alpha value is -2.26. The molecule has 1 aromatic carbocycles. The van der Waals surface area contributed by atoms with E-state index in [-0.39, 0.29) is 18.6 Å². The Kier molecular flexibility index (Phi) is 8.23. The van der Waals surface area contributed by atoms with Crippen molar-refractivity contribution in [1.82, 2.24) is 10.6 Å². The Morgan fingerprint density at radius 2 is 1.96 bits per heavy atom. The second-order valence-corrected chi connectivity index (χ2v) is 7.18. The van der Waals surface area contributed by atoms with Gasteiger partial charge < -0.3 is 20.1 Å². The summed E-state index contributed by atoms with van der Waals surface area (Å²) in [6.07, 6.45) is -0.411. The molecule has 1 rings (SSSR count). The molecular formula is C19H29N3O3. The normalized spacial score (nSPS) is 12.4. The summed E-state index contributed by atoms with van der Waals surface area (Å²) in [4.78, 5) is 12.0. The summed E-state index contributed by atoms with van der Waals surface area (Å²) < 4.78 is 10.7. The molecule has 2 N–H and O–H groups in total. The van der Waals surface area contributed by atoms with E-state index in [0.29, 0.717) is 18.8 Å². The van der Waals surface area contributed by atoms with Gasteiger partial charge in [-0.15, -0.1) is 0 Å². The van der Waals surface area contributed by atoms with Gasteiger partial charge in [0.05, 0.1) is 0 Å². The maximum Gasteiger partial charge on any atom is 0.407 e. The number of nitrogens with zero attached hydrogens (tertiary/aromatic N) is 1. The van der Waals surface area contributed by atoms with Crippen LogP contribution in [0.3, 0.4) is 0 Å². The van der Waals surface area contributed by atoms with Crippen molar-refractivity contribution in [1.29, 1.82) is 5.26 Å². The third kappa shape index (κ3) is 8.41. The van der Waals surface area contributed by atoms with Crippen LogP contribution in [0.4, 0.5) is 4.79 Å². The number of nitrogens with one attached hydrogen (secondary N) is 2. The predicted octanol–water partition coefficient (Wildman–Crippen LogP) is 3.23. The molecule has 0 aliphatic carbocycles. The molecule has 0 aromatic heterocycles. The summed E-state index contributed by atoms with van der Waals surface area (Å²) in [5.74, 6) is 0.947. The fourth-order valence-corrected chi connectivity index (χ4v) is 2.18. The van der Waals surface area contributed by atoms with E-state index in [1.54, 1.807) is 0 Å². The molecule has 0 spiro atoms. The number of hydrogen-bond donors (Lipinski definition) is 2. The lowest BCUT2D eigenvalue weighted by atomic mass is 10.0. The van der Waals surface area contributed by atoms with Crippen molar-refractivity contribution in [3.63, 3.8) is 0 Å². The van der Waals surface area contributed by atoms with Crippen molar-refractivity contribution in [2.24, 2.45) is 5.92 Å². The minimum Gasteiger partial charge on any atom is -0.478 e. The molecule has 25 heavy (non-hydrogen) atoms. The molecular weight excluding hydrogens is 318 g/mol. The predicted molar refractivity (Wildman–Crippen MR) is 97.3 cm³/mol. The number of alkyl carbamates (subject to hydrolysis) is 1. The number of hydrogen-bond acceptors (Lipinski definition) is 5. The molecule has 0 aliphatic heterocycles. The first kappa shape index (κ1) is 20.8. The van der Waals surface area contributed by atoms with Crippen LogP contribution in [-0.2, 0) is 11.3 Å². The number of benzene rings is 1. The van der Waals surface area contributed by atoms with E-state index in [1.165, 1.54) is 0 Å². The molecule has 0 radical (unpaired) electrons. The summed E-state index contributed by atoms with van der Waals surface area (Å²) >= 11 is 0. The van der Waals surface area contributed by atoms with Gasteiger partial charge in [0.2, 0.25) is 0 Å². The van der Waals surface area contributed by atoms with Crippen LogP contribution in [0.15, 0.2) is 24.3 Å². The van der Waals surface area contributed by atoms with Crippen LogP contribution in [0.25, 0.3) is 0 Å². The Morgan fingerprint density at radius 1 is 1.28 bits per heavy atom. The molecule has 0 heterocycles. The molecule has 138 valence electrons. The zero-order valence-electron chi connectivity index (χ0n) is 15.8. The van der Waals surface area contributed by atoms with Gasteiger partial charge in [0.1, 0.15) is 17.4 Å². The van der Waals surface area contributed by atoms with Gasteiger partial charge in [0.25, 0.3) is 0 Å². The number of carbonyl (C=O) groups excluding carboxylic acids is 1. The van der Waals surface area contributed by atoms with Crippen molar-refractivity contribution in [2.75, 3.05) is 13.2 Å². The highest BCUT2D eigenvalue weighted by atomic mass is 16.6. The van der Waals surface area contributed by atoms with Crippen LogP contribution in [0, 0.1) is 17.2 Å². The van der Waals surface area contributed by atoms with E-state index in [9.17, 15) is 4.79 Å². The highest BCUT2D eigenvalue weighted by Gasteiger charge is 2.21. The topological polar surface area (TPSA) is 83.4 Å². The Labute approximate surface area is 150 Å². The first-order valence-electron chi connectivity index (χ1n) is 8.51. The van der Waals surface area contributed by atoms with Gasteiger partial charge in [-0.1, -0.05) is 32.0 Å². The lowest BCUT2D eigenvalue weighted by molar-refractivity contribution is 0.0490. The lowest BCUT2D eigenvalue weighted by Gasteiger charge is -2.26. The number of nitriles is 1. The van der Waals surface area contributed by atoms with Crippen LogP contribution in [0.1, 0.15) is 40.2 Å². The summed E-state index contributed by atoms with van der Waals surface area (Å²) in [6.45, 7) is 10.8. The second kappa shape index (κ2) is 9.90. The first-order valence-corrected chi connectivity index (χ1v) is 8.51. The van der Waals surface area contributed by atoms with Gasteiger partial charge in [0, 0.05) is 24.7 Å². The summed E-state index contributed by atoms with van der Waals surface area (Å²) in [6, 6.07) is 9.50. The van der Waals surface area contributed by atoms with Gasteiger partial charge in [0.15, 0.2) is 6.61 Å². The number of ether oxygens (including phenoxy) is 2. The Bertz CT molecular complexity index is 588. The molecule has 0 saturated carbocycles. The average Bonchev–Trinajstić information content (AvgIpc) is 2.51. The standard InChI is InChI=1S/C19H29N3O3/c1-14(2)16(22-18(23)25-19(3,4)5)13-21-12-15-8-6-7-9-17(15)24-11-10-20/h6-9,14,16,21H,11-13H2,1-5H3,(H,22,23). The summed E-state index contributed by atoms with van der Waals surface area (Å²) in [5.41, 5.74) is 0.452. The van der Waals surface area contributed by atoms with Crippen LogP contribution in [0.2, 0.25) is 0 Å². The molecule has 6 nitrogen and oxygen atoms in total. The molecule has 1 unspecified atom stereocenters. The highest BCUT2D eigenvalue weighted by Crippen LogP contribution is 2.17. The van der Waals surface area contributed by atoms with Crippen molar-refractivity contribution < 1.29 is 14.3 Å². The van der Waals surface area contributed by atoms with Crippen molar-refractivity contribution in [3.05, 3.63) is 29.8 Å². The largest absolute Gasteiger partial charge is 0.478 e. The van der Waals surface area contributed by atoms with Crippen molar-refractivity contribution in [2.45, 2.75) is 52.8 Å². The van der Waals surface area contributed by atoms with E-state index in [4.69, 9.17) is 14.7 Å². The summed E-state index contributed by atoms with van der Waals surface area (Å²) in [7, 11) is 0. The van der Waals surface area contributed by atoms with Gasteiger partial charge in [-0.2, -0.15) is 5.26 Å². The summed E-state index contributed by atoms with van der Waals surface area (Å²) in [5, 5.41) is 14.9. The number of para-hydroxylation sites is 1. The average molecular weight is 347 g/mol. The molecule has 1 aromatic rings. The zero-order chi connectivity index (χ0) is 18.9. The fraction of sp³-hybridized carbons (Fsp3) is 0.579. The van der Waals surface area contributed by atoms with Crippen molar-refractivity contribution >= 4 is 6.09 Å². The molecule has 1 atom stereocenters. The Balaban J connectivity index is 2.56. The first-order chi connectivity index (χ1) is 11.7. The maximum absolute atomic E-state index is 12.0. The van der Waals surface area contributed by atoms with Crippen LogP contribution < -0.4 is 15.4 Å². The number of rotatable bonds is 8. The van der Waals surface area contributed by atoms with Crippen LogP contribution in [-0.4, -0.2) is 30.9 Å². The van der Waals surface area contributed by atoms with E-state index in [1.807, 2.05) is 65.0 Å². The third-order valence-corrected chi connectivity index (χ3v) is 3.45. The molecule has 0 saturated heterocycles. The fourth-order valence-electron chi connectivity index (χ4n) is 2.18. The quantitative estimate of drug-likeness (QED) is 0.754. The third-order valence-electron chi connectivity index (χ3n) is 3.45. The number of amides is 1. The lowest BCUT2D eigenvalue weighted by Crippen LogP contribution is -2.46. The second-order valence-electron chi connectivity index (χ2n) is 7.18. The van der Waals surface area contributed by atoms with Gasteiger partial charge >= 0.3 is 6.09 Å². The molecule has 6 heteroatoms. The van der Waals surface area contributed by atoms with Crippen LogP contribution in [0.5, 0.6) is 5.75 Å². The smallest absolute Gasteiger partial charge is 0.407 e. The van der Waals surface area contributed by atoms with Crippen molar-refractivity contribution in [3.8, 4) is 11.8 Å².